The van der Waals surface area contributed by atoms with Crippen molar-refractivity contribution in [3.05, 3.63) is 5.82 Å². The second-order valence-corrected chi connectivity index (χ2v) is 5.31. The van der Waals surface area contributed by atoms with Crippen LogP contribution in [-0.4, -0.2) is 37.5 Å². The van der Waals surface area contributed by atoms with Gasteiger partial charge < -0.3 is 5.11 Å². The summed E-state index contributed by atoms with van der Waals surface area (Å²) < 4.78 is 38.1. The van der Waals surface area contributed by atoms with Gasteiger partial charge in [-0.25, -0.2) is 4.68 Å². The van der Waals surface area contributed by atoms with Gasteiger partial charge in [-0.2, -0.15) is 13.2 Å². The molecule has 1 rings (SSSR count). The Bertz CT molecular complexity index is 450. The molecule has 0 aromatic carbocycles. The van der Waals surface area contributed by atoms with Crippen LogP contribution in [0.5, 0.6) is 0 Å². The van der Waals surface area contributed by atoms with Crippen LogP contribution in [0.4, 0.5) is 13.2 Å². The lowest BCUT2D eigenvalue weighted by molar-refractivity contribution is -0.139. The van der Waals surface area contributed by atoms with Crippen molar-refractivity contribution in [2.45, 2.75) is 45.8 Å². The average molecular weight is 280 g/mol. The average Bonchev–Trinajstić information content (AvgIpc) is 2.57. The van der Waals surface area contributed by atoms with Gasteiger partial charge in [-0.15, -0.1) is 5.10 Å². The fourth-order valence-corrected chi connectivity index (χ4v) is 1.67. The van der Waals surface area contributed by atoms with Crippen LogP contribution in [0.3, 0.4) is 0 Å². The standard InChI is InChI=1S/C10H15F3N4O2/c1-9(2,3)6(4-8(18)19)17-7(14-15-16-17)5-10(11,12)13/h6H,4-5H2,1-3H3,(H,18,19). The predicted octanol–water partition coefficient (Wildman–Crippen LogP) is 1.84. The van der Waals surface area contributed by atoms with Crippen molar-refractivity contribution in [1.29, 1.82) is 0 Å². The van der Waals surface area contributed by atoms with Crippen LogP contribution in [0.1, 0.15) is 39.1 Å². The van der Waals surface area contributed by atoms with Gasteiger partial charge in [0.1, 0.15) is 6.42 Å². The molecule has 0 spiro atoms. The van der Waals surface area contributed by atoms with E-state index in [1.807, 2.05) is 0 Å². The minimum Gasteiger partial charge on any atom is -0.481 e. The Morgan fingerprint density at radius 3 is 2.37 bits per heavy atom. The highest BCUT2D eigenvalue weighted by Crippen LogP contribution is 2.34. The topological polar surface area (TPSA) is 80.9 Å². The second-order valence-electron chi connectivity index (χ2n) is 5.31. The number of aromatic nitrogens is 4. The van der Waals surface area contributed by atoms with E-state index >= 15 is 0 Å². The Kier molecular flexibility index (Phi) is 4.16. The maximum atomic E-state index is 12.4. The van der Waals surface area contributed by atoms with Crippen molar-refractivity contribution in [3.63, 3.8) is 0 Å². The highest BCUT2D eigenvalue weighted by Gasteiger charge is 2.36. The SMILES string of the molecule is CC(C)(C)C(CC(=O)O)n1nnnc1CC(F)(F)F. The van der Waals surface area contributed by atoms with Crippen molar-refractivity contribution in [3.8, 4) is 0 Å². The predicted molar refractivity (Wildman–Crippen MR) is 58.3 cm³/mol. The molecule has 1 unspecified atom stereocenters. The number of nitrogens with zero attached hydrogens (tertiary/aromatic N) is 4. The van der Waals surface area contributed by atoms with Gasteiger partial charge >= 0.3 is 12.1 Å². The van der Waals surface area contributed by atoms with E-state index in [0.717, 1.165) is 4.68 Å². The molecular weight excluding hydrogens is 265 g/mol. The van der Waals surface area contributed by atoms with Gasteiger partial charge in [-0.05, 0) is 15.8 Å². The van der Waals surface area contributed by atoms with Crippen molar-refractivity contribution in [1.82, 2.24) is 20.2 Å². The smallest absolute Gasteiger partial charge is 0.396 e. The zero-order chi connectivity index (χ0) is 14.8. The Hall–Kier alpha value is -1.67. The summed E-state index contributed by atoms with van der Waals surface area (Å²) in [6, 6.07) is -0.752. The fourth-order valence-electron chi connectivity index (χ4n) is 1.67. The molecule has 0 aliphatic rings. The Morgan fingerprint density at radius 2 is 1.95 bits per heavy atom. The summed E-state index contributed by atoms with van der Waals surface area (Å²) >= 11 is 0. The Labute approximate surface area is 107 Å². The normalized spacial score (nSPS) is 14.4. The first kappa shape index (κ1) is 15.4. The summed E-state index contributed by atoms with van der Waals surface area (Å²) in [5, 5.41) is 18.9. The maximum absolute atomic E-state index is 12.4. The molecular formula is C10H15F3N4O2. The van der Waals surface area contributed by atoms with Crippen LogP contribution in [-0.2, 0) is 11.2 Å². The molecule has 1 heterocycles. The lowest BCUT2D eigenvalue weighted by Crippen LogP contribution is -2.30. The van der Waals surface area contributed by atoms with Crippen LogP contribution < -0.4 is 0 Å². The largest absolute Gasteiger partial charge is 0.481 e. The van der Waals surface area contributed by atoms with Crippen LogP contribution in [0.2, 0.25) is 0 Å². The van der Waals surface area contributed by atoms with E-state index in [9.17, 15) is 18.0 Å². The van der Waals surface area contributed by atoms with E-state index < -0.39 is 30.0 Å². The molecule has 1 N–H and O–H groups in total. The van der Waals surface area contributed by atoms with Crippen LogP contribution in [0.25, 0.3) is 0 Å². The van der Waals surface area contributed by atoms with Crippen molar-refractivity contribution < 1.29 is 23.1 Å². The first-order valence-electron chi connectivity index (χ1n) is 5.56. The van der Waals surface area contributed by atoms with Crippen LogP contribution in [0.15, 0.2) is 0 Å². The Balaban J connectivity index is 3.10. The molecule has 0 saturated heterocycles. The number of alkyl halides is 3. The van der Waals surface area contributed by atoms with E-state index in [4.69, 9.17) is 5.11 Å². The molecule has 0 saturated carbocycles. The van der Waals surface area contributed by atoms with Crippen molar-refractivity contribution >= 4 is 5.97 Å². The number of hydrogen-bond acceptors (Lipinski definition) is 4. The maximum Gasteiger partial charge on any atom is 0.396 e. The summed E-state index contributed by atoms with van der Waals surface area (Å²) in [4.78, 5) is 10.8. The van der Waals surface area contributed by atoms with Gasteiger partial charge in [0, 0.05) is 0 Å². The Morgan fingerprint density at radius 1 is 1.37 bits per heavy atom. The molecule has 0 fully saturated rings. The van der Waals surface area contributed by atoms with E-state index in [2.05, 4.69) is 15.5 Å². The molecule has 19 heavy (non-hydrogen) atoms. The molecule has 6 nitrogen and oxygen atoms in total. The quantitative estimate of drug-likeness (QED) is 0.910. The van der Waals surface area contributed by atoms with E-state index in [1.54, 1.807) is 20.8 Å². The van der Waals surface area contributed by atoms with Gasteiger partial charge in [0.2, 0.25) is 0 Å². The highest BCUT2D eigenvalue weighted by atomic mass is 19.4. The first-order valence-corrected chi connectivity index (χ1v) is 5.56. The highest BCUT2D eigenvalue weighted by molar-refractivity contribution is 5.67. The minimum atomic E-state index is -4.45. The number of hydrogen-bond donors (Lipinski definition) is 1. The molecule has 0 radical (unpaired) electrons. The van der Waals surface area contributed by atoms with Gasteiger partial charge in [0.15, 0.2) is 5.82 Å². The number of carbonyl (C=O) groups is 1. The van der Waals surface area contributed by atoms with Crippen molar-refractivity contribution in [2.75, 3.05) is 0 Å². The molecule has 1 aromatic rings. The lowest BCUT2D eigenvalue weighted by Gasteiger charge is -2.29. The third-order valence-electron chi connectivity index (χ3n) is 2.58. The molecule has 0 amide bonds. The van der Waals surface area contributed by atoms with Gasteiger partial charge in [0.25, 0.3) is 0 Å². The molecule has 108 valence electrons. The summed E-state index contributed by atoms with van der Waals surface area (Å²) in [5.74, 6) is -1.50. The molecule has 1 atom stereocenters. The zero-order valence-electron chi connectivity index (χ0n) is 10.8. The fraction of sp³-hybridized carbons (Fsp3) is 0.800. The third-order valence-corrected chi connectivity index (χ3v) is 2.58. The van der Waals surface area contributed by atoms with Crippen LogP contribution >= 0.6 is 0 Å². The molecule has 0 aliphatic carbocycles. The second kappa shape index (κ2) is 5.14. The number of carboxylic acids is 1. The third kappa shape index (κ3) is 4.49. The van der Waals surface area contributed by atoms with Gasteiger partial charge in [-0.3, -0.25) is 4.79 Å². The zero-order valence-corrected chi connectivity index (χ0v) is 10.8. The number of rotatable bonds is 4. The summed E-state index contributed by atoms with van der Waals surface area (Å²) in [7, 11) is 0. The minimum absolute atomic E-state index is 0.348. The molecule has 0 bridgehead atoms. The number of carboxylic acid groups (broad SMARTS) is 1. The summed E-state index contributed by atoms with van der Waals surface area (Å²) in [6.07, 6.45) is -6.08. The van der Waals surface area contributed by atoms with Gasteiger partial charge in [0.05, 0.1) is 12.5 Å². The van der Waals surface area contributed by atoms with Crippen molar-refractivity contribution in [2.24, 2.45) is 5.41 Å². The van der Waals surface area contributed by atoms with E-state index in [-0.39, 0.29) is 12.2 Å². The van der Waals surface area contributed by atoms with Crippen LogP contribution in [0, 0.1) is 5.41 Å². The van der Waals surface area contributed by atoms with E-state index in [0.29, 0.717) is 0 Å². The number of halogens is 3. The molecule has 9 heteroatoms. The first-order chi connectivity index (χ1) is 8.50. The molecule has 0 aliphatic heterocycles. The molecule has 1 aromatic heterocycles. The van der Waals surface area contributed by atoms with Gasteiger partial charge in [-0.1, -0.05) is 20.8 Å². The number of aliphatic carboxylic acids is 1. The number of tetrazole rings is 1. The van der Waals surface area contributed by atoms with E-state index in [1.165, 1.54) is 0 Å². The summed E-state index contributed by atoms with van der Waals surface area (Å²) in [5.41, 5.74) is -0.589. The summed E-state index contributed by atoms with van der Waals surface area (Å²) in [6.45, 7) is 5.17. The monoisotopic (exact) mass is 280 g/mol. The lowest BCUT2D eigenvalue weighted by atomic mass is 9.84.